The van der Waals surface area contributed by atoms with Gasteiger partial charge < -0.3 is 10.3 Å². The van der Waals surface area contributed by atoms with Gasteiger partial charge in [0.15, 0.2) is 0 Å². The number of primary amides is 1. The van der Waals surface area contributed by atoms with Gasteiger partial charge in [0, 0.05) is 0 Å². The second-order valence-corrected chi connectivity index (χ2v) is 5.38. The van der Waals surface area contributed by atoms with E-state index in [1.807, 2.05) is 30.3 Å². The van der Waals surface area contributed by atoms with Gasteiger partial charge in [-0.1, -0.05) is 24.8 Å². The number of hydrogen-bond donors (Lipinski definition) is 3. The number of rotatable bonds is 5. The van der Waals surface area contributed by atoms with Crippen LogP contribution < -0.4 is 10.3 Å². The molecule has 0 unspecified atom stereocenters. The Morgan fingerprint density at radius 3 is 1.92 bits per heavy atom. The number of amides is 1. The van der Waals surface area contributed by atoms with Crippen molar-refractivity contribution in [3.63, 3.8) is 0 Å². The van der Waals surface area contributed by atoms with Gasteiger partial charge in [-0.3, -0.25) is 14.6 Å². The van der Waals surface area contributed by atoms with E-state index in [9.17, 15) is 9.36 Å². The van der Waals surface area contributed by atoms with Crippen LogP contribution in [-0.4, -0.2) is 15.7 Å². The lowest BCUT2D eigenvalue weighted by Crippen LogP contribution is -2.04. The van der Waals surface area contributed by atoms with Gasteiger partial charge >= 0.3 is 7.82 Å². The molecule has 0 bridgehead atoms. The summed E-state index contributed by atoms with van der Waals surface area (Å²) in [6.45, 7) is 3.09. The van der Waals surface area contributed by atoms with Gasteiger partial charge in [0.25, 0.3) is 0 Å². The Labute approximate surface area is 138 Å². The summed E-state index contributed by atoms with van der Waals surface area (Å²) < 4.78 is 15.0. The number of azo groups is 1. The summed E-state index contributed by atoms with van der Waals surface area (Å²) >= 11 is 0. The van der Waals surface area contributed by atoms with E-state index in [1.54, 1.807) is 12.1 Å². The second-order valence-electron chi connectivity index (χ2n) is 4.22. The third-order valence-electron chi connectivity index (χ3n) is 2.30. The Balaban J connectivity index is 0.000000505. The van der Waals surface area contributed by atoms with E-state index in [0.29, 0.717) is 5.69 Å². The lowest BCUT2D eigenvalue weighted by molar-refractivity contribution is -0.113. The third kappa shape index (κ3) is 8.60. The fourth-order valence-electron chi connectivity index (χ4n) is 1.32. The molecule has 126 valence electrons. The van der Waals surface area contributed by atoms with Crippen LogP contribution in [0.15, 0.2) is 77.5 Å². The normalized spacial score (nSPS) is 10.6. The molecule has 0 aromatic heterocycles. The summed E-state index contributed by atoms with van der Waals surface area (Å²) in [6, 6.07) is 15.2. The van der Waals surface area contributed by atoms with Crippen LogP contribution in [0.1, 0.15) is 0 Å². The van der Waals surface area contributed by atoms with Crippen molar-refractivity contribution in [2.45, 2.75) is 0 Å². The van der Waals surface area contributed by atoms with Crippen molar-refractivity contribution in [2.75, 3.05) is 0 Å². The second kappa shape index (κ2) is 9.36. The summed E-state index contributed by atoms with van der Waals surface area (Å²) in [5, 5.41) is 8.00. The molecule has 0 aliphatic rings. The summed E-state index contributed by atoms with van der Waals surface area (Å²) in [5.74, 6) is -0.406. The van der Waals surface area contributed by atoms with Crippen LogP contribution >= 0.6 is 7.82 Å². The van der Waals surface area contributed by atoms with E-state index >= 15 is 0 Å². The Kier molecular flexibility index (Phi) is 7.51. The van der Waals surface area contributed by atoms with Crippen LogP contribution in [-0.2, 0) is 9.36 Å². The van der Waals surface area contributed by atoms with Gasteiger partial charge in [-0.25, -0.2) is 4.57 Å². The topological polar surface area (TPSA) is 135 Å². The fourth-order valence-corrected chi connectivity index (χ4v) is 1.72. The van der Waals surface area contributed by atoms with Crippen LogP contribution in [0.3, 0.4) is 0 Å². The number of carbonyl (C=O) groups excluding carboxylic acids is 1. The maximum Gasteiger partial charge on any atom is 0.524 e. The number of phosphoric acid groups is 1. The molecule has 0 aliphatic carbocycles. The van der Waals surface area contributed by atoms with Gasteiger partial charge in [-0.05, 0) is 42.5 Å². The van der Waals surface area contributed by atoms with Gasteiger partial charge in [0.2, 0.25) is 5.91 Å². The number of carbonyl (C=O) groups is 1. The summed E-state index contributed by atoms with van der Waals surface area (Å²) in [4.78, 5) is 26.8. The predicted molar refractivity (Wildman–Crippen MR) is 89.1 cm³/mol. The molecule has 4 N–H and O–H groups in total. The Morgan fingerprint density at radius 2 is 1.50 bits per heavy atom. The molecule has 2 rings (SSSR count). The largest absolute Gasteiger partial charge is 0.524 e. The highest BCUT2D eigenvalue weighted by Crippen LogP contribution is 2.37. The quantitative estimate of drug-likeness (QED) is 0.433. The maximum atomic E-state index is 10.6. The smallest absolute Gasteiger partial charge is 0.404 e. The SMILES string of the molecule is C=CC(N)=O.O=P(O)(O)Oc1ccc(/N=N/c2ccccc2)cc1. The highest BCUT2D eigenvalue weighted by atomic mass is 31.2. The number of benzene rings is 2. The maximum absolute atomic E-state index is 10.6. The molecule has 0 spiro atoms. The minimum atomic E-state index is -4.52. The number of hydrogen-bond acceptors (Lipinski definition) is 5. The molecular formula is C15H16N3O5P. The zero-order valence-electron chi connectivity index (χ0n) is 12.5. The van der Waals surface area contributed by atoms with Crippen LogP contribution in [0.25, 0.3) is 0 Å². The summed E-state index contributed by atoms with van der Waals surface area (Å²) in [5.41, 5.74) is 5.81. The Bertz CT molecular complexity index is 741. The molecule has 2 aromatic carbocycles. The number of phosphoric ester groups is 1. The van der Waals surface area contributed by atoms with Crippen LogP contribution in [0, 0.1) is 0 Å². The molecule has 0 fully saturated rings. The minimum absolute atomic E-state index is 0.0759. The van der Waals surface area contributed by atoms with E-state index in [-0.39, 0.29) is 5.75 Å². The van der Waals surface area contributed by atoms with Gasteiger partial charge in [-0.2, -0.15) is 10.2 Å². The predicted octanol–water partition coefficient (Wildman–Crippen LogP) is 3.23. The lowest BCUT2D eigenvalue weighted by Gasteiger charge is -2.05. The lowest BCUT2D eigenvalue weighted by atomic mass is 10.3. The Hall–Kier alpha value is -2.80. The molecule has 0 atom stereocenters. The standard InChI is InChI=1S/C12H11N2O4P.C3H5NO/c15-19(16,17)18-12-8-6-11(7-9-12)14-13-10-4-2-1-3-5-10;1-2-3(4)5/h1-9H,(H2,15,16,17);2H,1H2,(H2,4,5)/b14-13+;. The molecule has 8 nitrogen and oxygen atoms in total. The van der Waals surface area contributed by atoms with Crippen molar-refractivity contribution in [1.29, 1.82) is 0 Å². The van der Waals surface area contributed by atoms with Gasteiger partial charge in [-0.15, -0.1) is 0 Å². The summed E-state index contributed by atoms with van der Waals surface area (Å²) in [7, 11) is -4.52. The molecule has 0 saturated heterocycles. The van der Waals surface area contributed by atoms with Crippen LogP contribution in [0.4, 0.5) is 11.4 Å². The van der Waals surface area contributed by atoms with E-state index in [1.165, 1.54) is 12.1 Å². The molecule has 24 heavy (non-hydrogen) atoms. The fraction of sp³-hybridized carbons (Fsp3) is 0. The first-order chi connectivity index (χ1) is 11.3. The molecule has 0 heterocycles. The van der Waals surface area contributed by atoms with Crippen LogP contribution in [0.5, 0.6) is 5.75 Å². The highest BCUT2D eigenvalue weighted by Gasteiger charge is 2.15. The van der Waals surface area contributed by atoms with Gasteiger partial charge in [0.05, 0.1) is 11.4 Å². The van der Waals surface area contributed by atoms with Crippen LogP contribution in [0.2, 0.25) is 0 Å². The van der Waals surface area contributed by atoms with Crippen molar-refractivity contribution >= 4 is 25.1 Å². The zero-order valence-corrected chi connectivity index (χ0v) is 13.4. The third-order valence-corrected chi connectivity index (χ3v) is 2.75. The number of nitrogens with zero attached hydrogens (tertiary/aromatic N) is 2. The van der Waals surface area contributed by atoms with Gasteiger partial charge in [0.1, 0.15) is 5.75 Å². The Morgan fingerprint density at radius 1 is 1.04 bits per heavy atom. The van der Waals surface area contributed by atoms with E-state index in [0.717, 1.165) is 11.8 Å². The molecule has 0 saturated carbocycles. The van der Waals surface area contributed by atoms with Crippen molar-refractivity contribution < 1.29 is 23.7 Å². The molecule has 9 heteroatoms. The van der Waals surface area contributed by atoms with E-state index < -0.39 is 13.7 Å². The van der Waals surface area contributed by atoms with Crippen molar-refractivity contribution in [3.05, 3.63) is 67.3 Å². The highest BCUT2D eigenvalue weighted by molar-refractivity contribution is 7.46. The molecule has 0 radical (unpaired) electrons. The minimum Gasteiger partial charge on any atom is -0.404 e. The van der Waals surface area contributed by atoms with E-state index in [4.69, 9.17) is 9.79 Å². The molecule has 1 amide bonds. The first-order valence-corrected chi connectivity index (χ1v) is 8.07. The molecule has 2 aromatic rings. The molecular weight excluding hydrogens is 333 g/mol. The summed E-state index contributed by atoms with van der Waals surface area (Å²) in [6.07, 6.45) is 1.06. The molecule has 0 aliphatic heterocycles. The average molecular weight is 349 g/mol. The zero-order chi connectivity index (χ0) is 18.0. The van der Waals surface area contributed by atoms with Crippen molar-refractivity contribution in [2.24, 2.45) is 16.0 Å². The monoisotopic (exact) mass is 349 g/mol. The van der Waals surface area contributed by atoms with Crippen molar-refractivity contribution in [3.8, 4) is 5.75 Å². The first kappa shape index (κ1) is 19.2. The van der Waals surface area contributed by atoms with Crippen molar-refractivity contribution in [1.82, 2.24) is 0 Å². The number of nitrogens with two attached hydrogens (primary N) is 1. The average Bonchev–Trinajstić information content (AvgIpc) is 2.54. The first-order valence-electron chi connectivity index (χ1n) is 6.54. The van der Waals surface area contributed by atoms with E-state index in [2.05, 4.69) is 27.1 Å².